The third kappa shape index (κ3) is 4.01. The first-order valence-corrected chi connectivity index (χ1v) is 8.94. The minimum atomic E-state index is -3.85. The van der Waals surface area contributed by atoms with Gasteiger partial charge in [-0.15, -0.1) is 0 Å². The number of ether oxygens (including phenoxy) is 1. The topological polar surface area (TPSA) is 114 Å². The molecule has 2 N–H and O–H groups in total. The van der Waals surface area contributed by atoms with Crippen LogP contribution in [0, 0.1) is 0 Å². The number of amides is 1. The molecule has 1 saturated heterocycles. The van der Waals surface area contributed by atoms with Crippen LogP contribution in [-0.2, 0) is 19.6 Å². The number of carbonyl (C=O) groups is 2. The number of pyridine rings is 1. The number of hydrogen-bond donors (Lipinski definition) is 2. The molecule has 0 aliphatic carbocycles. The maximum absolute atomic E-state index is 12.3. The zero-order valence-electron chi connectivity index (χ0n) is 13.0. The number of nitrogens with zero attached hydrogens (tertiary/aromatic N) is 1. The van der Waals surface area contributed by atoms with Gasteiger partial charge >= 0.3 is 5.97 Å². The fourth-order valence-corrected chi connectivity index (χ4v) is 3.50. The summed E-state index contributed by atoms with van der Waals surface area (Å²) in [6.45, 7) is 0.200. The Morgan fingerprint density at radius 2 is 1.84 bits per heavy atom. The molecular formula is C16H19N3O5S. The van der Waals surface area contributed by atoms with Crippen molar-refractivity contribution in [1.29, 1.82) is 0 Å². The summed E-state index contributed by atoms with van der Waals surface area (Å²) in [6.07, 6.45) is 3.31. The van der Waals surface area contributed by atoms with E-state index in [0.717, 1.165) is 0 Å². The van der Waals surface area contributed by atoms with Crippen molar-refractivity contribution in [2.75, 3.05) is 11.9 Å². The van der Waals surface area contributed by atoms with Crippen molar-refractivity contribution in [2.45, 2.75) is 17.4 Å². The van der Waals surface area contributed by atoms with Crippen molar-refractivity contribution < 1.29 is 25.6 Å². The highest BCUT2D eigenvalue weighted by molar-refractivity contribution is 7.89. The Balaban J connectivity index is 0.00000182. The second-order valence-electron chi connectivity index (χ2n) is 5.34. The van der Waals surface area contributed by atoms with Crippen molar-refractivity contribution in [1.82, 2.24) is 9.71 Å². The fourth-order valence-electron chi connectivity index (χ4n) is 2.28. The predicted molar refractivity (Wildman–Crippen MR) is 92.5 cm³/mol. The van der Waals surface area contributed by atoms with E-state index in [2.05, 4.69) is 15.0 Å². The summed E-state index contributed by atoms with van der Waals surface area (Å²) in [5.41, 5.74) is 0.883. The number of sulfonamides is 1. The number of carbonyl (C=O) groups excluding carboxylic acids is 2. The monoisotopic (exact) mass is 365 g/mol. The van der Waals surface area contributed by atoms with Crippen LogP contribution in [0.15, 0.2) is 53.7 Å². The van der Waals surface area contributed by atoms with Gasteiger partial charge in [0.15, 0.2) is 0 Å². The molecule has 1 unspecified atom stereocenters. The van der Waals surface area contributed by atoms with Gasteiger partial charge in [0.1, 0.15) is 6.04 Å². The molecule has 1 aromatic carbocycles. The lowest BCUT2D eigenvalue weighted by Gasteiger charge is -2.11. The van der Waals surface area contributed by atoms with E-state index >= 15 is 0 Å². The lowest BCUT2D eigenvalue weighted by atomic mass is 10.2. The Morgan fingerprint density at radius 1 is 1.16 bits per heavy atom. The number of cyclic esters (lactones) is 1. The minimum absolute atomic E-state index is 0. The highest BCUT2D eigenvalue weighted by atomic mass is 32.2. The standard InChI is InChI=1S/C16H15N3O5S.2H2/c20-15(11-5-8-17-9-6-11)18-12-1-3-13(4-2-12)25(22,23)19-14-7-10-24-16(14)21;;/h1-6,8-9,14,19H,7,10H2,(H,18,20);2*1H. The van der Waals surface area contributed by atoms with Gasteiger partial charge in [-0.05, 0) is 36.4 Å². The third-order valence-electron chi connectivity index (χ3n) is 3.60. The highest BCUT2D eigenvalue weighted by Crippen LogP contribution is 2.17. The van der Waals surface area contributed by atoms with E-state index in [9.17, 15) is 18.0 Å². The lowest BCUT2D eigenvalue weighted by Crippen LogP contribution is -2.37. The van der Waals surface area contributed by atoms with E-state index < -0.39 is 22.0 Å². The third-order valence-corrected chi connectivity index (χ3v) is 5.09. The molecule has 2 aromatic rings. The van der Waals surface area contributed by atoms with Gasteiger partial charge in [-0.2, -0.15) is 4.72 Å². The van der Waals surface area contributed by atoms with Gasteiger partial charge in [0.05, 0.1) is 11.5 Å². The van der Waals surface area contributed by atoms with E-state index in [1.807, 2.05) is 0 Å². The molecule has 0 radical (unpaired) electrons. The van der Waals surface area contributed by atoms with Crippen molar-refractivity contribution in [3.8, 4) is 0 Å². The van der Waals surface area contributed by atoms with Crippen molar-refractivity contribution >= 4 is 27.6 Å². The first-order chi connectivity index (χ1) is 12.0. The zero-order chi connectivity index (χ0) is 17.9. The molecule has 1 amide bonds. The Bertz CT molecular complexity index is 892. The fraction of sp³-hybridized carbons (Fsp3) is 0.188. The van der Waals surface area contributed by atoms with Crippen molar-refractivity contribution in [2.24, 2.45) is 0 Å². The molecule has 9 heteroatoms. The lowest BCUT2D eigenvalue weighted by molar-refractivity contribution is -0.139. The summed E-state index contributed by atoms with van der Waals surface area (Å²) in [7, 11) is -3.85. The molecule has 3 rings (SSSR count). The summed E-state index contributed by atoms with van der Waals surface area (Å²) in [4.78, 5) is 27.3. The van der Waals surface area contributed by atoms with Crippen molar-refractivity contribution in [3.63, 3.8) is 0 Å². The van der Waals surface area contributed by atoms with Crippen LogP contribution in [0.2, 0.25) is 0 Å². The maximum atomic E-state index is 12.3. The second-order valence-corrected chi connectivity index (χ2v) is 7.06. The SMILES string of the molecule is O=C(Nc1ccc(S(=O)(=O)NC2CCOC2=O)cc1)c1ccncc1.[HH].[HH]. The molecule has 1 aliphatic heterocycles. The number of nitrogens with one attached hydrogen (secondary N) is 2. The molecule has 8 nitrogen and oxygen atoms in total. The first kappa shape index (κ1) is 17.1. The normalized spacial score (nSPS) is 17.1. The number of aromatic nitrogens is 1. The average Bonchev–Trinajstić information content (AvgIpc) is 3.00. The largest absolute Gasteiger partial charge is 0.464 e. The molecule has 1 atom stereocenters. The van der Waals surface area contributed by atoms with E-state index in [4.69, 9.17) is 4.74 Å². The van der Waals surface area contributed by atoms with Crippen LogP contribution in [0.3, 0.4) is 0 Å². The van der Waals surface area contributed by atoms with Gasteiger partial charge in [0.25, 0.3) is 5.91 Å². The Hall–Kier alpha value is -2.78. The number of hydrogen-bond acceptors (Lipinski definition) is 6. The smallest absolute Gasteiger partial charge is 0.324 e. The van der Waals surface area contributed by atoms with Gasteiger partial charge in [0, 0.05) is 32.9 Å². The van der Waals surface area contributed by atoms with Gasteiger partial charge in [0.2, 0.25) is 10.0 Å². The van der Waals surface area contributed by atoms with Gasteiger partial charge in [-0.1, -0.05) is 0 Å². The molecule has 1 aromatic heterocycles. The quantitative estimate of drug-likeness (QED) is 0.775. The van der Waals surface area contributed by atoms with Crippen LogP contribution >= 0.6 is 0 Å². The average molecular weight is 365 g/mol. The molecule has 25 heavy (non-hydrogen) atoms. The number of rotatable bonds is 5. The number of esters is 1. The summed E-state index contributed by atoms with van der Waals surface area (Å²) >= 11 is 0. The summed E-state index contributed by atoms with van der Waals surface area (Å²) < 4.78 is 31.6. The Labute approximate surface area is 147 Å². The van der Waals surface area contributed by atoms with E-state index in [1.165, 1.54) is 36.7 Å². The van der Waals surface area contributed by atoms with Crippen LogP contribution in [0.1, 0.15) is 19.6 Å². The first-order valence-electron chi connectivity index (χ1n) is 7.46. The zero-order valence-corrected chi connectivity index (χ0v) is 13.8. The van der Waals surface area contributed by atoms with Gasteiger partial charge < -0.3 is 10.1 Å². The van der Waals surface area contributed by atoms with E-state index in [-0.39, 0.29) is 20.3 Å². The Morgan fingerprint density at radius 3 is 2.44 bits per heavy atom. The van der Waals surface area contributed by atoms with Crippen LogP contribution in [0.25, 0.3) is 0 Å². The maximum Gasteiger partial charge on any atom is 0.324 e. The molecule has 134 valence electrons. The molecule has 0 saturated carbocycles. The molecule has 0 spiro atoms. The molecular weight excluding hydrogens is 346 g/mol. The number of anilines is 1. The van der Waals surface area contributed by atoms with Crippen LogP contribution < -0.4 is 10.0 Å². The molecule has 2 heterocycles. The predicted octanol–water partition coefficient (Wildman–Crippen LogP) is 1.42. The number of benzene rings is 1. The molecule has 1 aliphatic rings. The summed E-state index contributed by atoms with van der Waals surface area (Å²) in [5.74, 6) is -0.908. The molecule has 0 bridgehead atoms. The summed E-state index contributed by atoms with van der Waals surface area (Å²) in [5, 5.41) is 2.66. The summed E-state index contributed by atoms with van der Waals surface area (Å²) in [6, 6.07) is 7.92. The van der Waals surface area contributed by atoms with Crippen LogP contribution in [0.4, 0.5) is 5.69 Å². The highest BCUT2D eigenvalue weighted by Gasteiger charge is 2.31. The second kappa shape index (κ2) is 6.99. The van der Waals surface area contributed by atoms with Crippen LogP contribution in [0.5, 0.6) is 0 Å². The van der Waals surface area contributed by atoms with Crippen molar-refractivity contribution in [3.05, 3.63) is 54.4 Å². The van der Waals surface area contributed by atoms with Gasteiger partial charge in [-0.25, -0.2) is 8.42 Å². The minimum Gasteiger partial charge on any atom is -0.464 e. The van der Waals surface area contributed by atoms with E-state index in [1.54, 1.807) is 12.1 Å². The molecule has 1 fully saturated rings. The van der Waals surface area contributed by atoms with Crippen LogP contribution in [-0.4, -0.2) is 37.9 Å². The Kier molecular flexibility index (Phi) is 4.77. The van der Waals surface area contributed by atoms with E-state index in [0.29, 0.717) is 17.7 Å². The van der Waals surface area contributed by atoms with Gasteiger partial charge in [-0.3, -0.25) is 14.6 Å².